The minimum atomic E-state index is -1.30. The van der Waals surface area contributed by atoms with Crippen LogP contribution in [0.15, 0.2) is 138 Å². The van der Waals surface area contributed by atoms with Gasteiger partial charge in [-0.25, -0.2) is 4.79 Å². The normalized spacial score (nSPS) is 11.2. The maximum absolute atomic E-state index is 12.0. The molecular formula is C38H31N11O3. The Labute approximate surface area is 297 Å². The summed E-state index contributed by atoms with van der Waals surface area (Å²) < 4.78 is 0. The fourth-order valence-corrected chi connectivity index (χ4v) is 5.49. The SMILES string of the molecule is O=C(O)c1cc2ccccc2c(N=Nc2nc(N(Cc3ccccn3)Cc3ccccn3)nc(N(Cc3ccccn3)Cc3ccccn3)n2)c1O. The van der Waals surface area contributed by atoms with E-state index < -0.39 is 11.7 Å². The molecule has 7 rings (SSSR count). The van der Waals surface area contributed by atoms with Crippen molar-refractivity contribution in [3.05, 3.63) is 156 Å². The highest BCUT2D eigenvalue weighted by molar-refractivity contribution is 6.04. The molecule has 0 atom stereocenters. The molecule has 0 bridgehead atoms. The molecule has 0 saturated carbocycles. The van der Waals surface area contributed by atoms with E-state index in [0.717, 1.165) is 22.8 Å². The van der Waals surface area contributed by atoms with E-state index in [-0.39, 0.29) is 29.1 Å². The molecule has 2 N–H and O–H groups in total. The number of nitrogens with zero attached hydrogens (tertiary/aromatic N) is 11. The van der Waals surface area contributed by atoms with Crippen LogP contribution in [-0.4, -0.2) is 51.1 Å². The molecule has 5 heterocycles. The van der Waals surface area contributed by atoms with E-state index in [4.69, 9.17) is 15.0 Å². The number of phenols is 1. The first-order valence-corrected chi connectivity index (χ1v) is 16.3. The van der Waals surface area contributed by atoms with Crippen molar-refractivity contribution in [1.29, 1.82) is 0 Å². The third-order valence-corrected chi connectivity index (χ3v) is 7.95. The number of azo groups is 1. The van der Waals surface area contributed by atoms with Crippen LogP contribution >= 0.6 is 0 Å². The fourth-order valence-electron chi connectivity index (χ4n) is 5.49. The molecule has 0 aliphatic rings. The molecule has 0 radical (unpaired) electrons. The molecule has 0 aliphatic heterocycles. The van der Waals surface area contributed by atoms with Crippen molar-refractivity contribution >= 4 is 40.3 Å². The van der Waals surface area contributed by atoms with Gasteiger partial charge in [-0.2, -0.15) is 15.0 Å². The van der Waals surface area contributed by atoms with Gasteiger partial charge < -0.3 is 20.0 Å². The molecule has 52 heavy (non-hydrogen) atoms. The molecular weight excluding hydrogens is 658 g/mol. The van der Waals surface area contributed by atoms with Crippen LogP contribution in [0.2, 0.25) is 0 Å². The van der Waals surface area contributed by atoms with Crippen molar-refractivity contribution in [2.75, 3.05) is 9.80 Å². The van der Waals surface area contributed by atoms with Gasteiger partial charge in [0, 0.05) is 30.2 Å². The lowest BCUT2D eigenvalue weighted by Crippen LogP contribution is -2.29. The van der Waals surface area contributed by atoms with Gasteiger partial charge in [0.2, 0.25) is 11.9 Å². The van der Waals surface area contributed by atoms with E-state index in [1.165, 1.54) is 6.07 Å². The van der Waals surface area contributed by atoms with Crippen LogP contribution in [0.25, 0.3) is 10.8 Å². The summed E-state index contributed by atoms with van der Waals surface area (Å²) in [5, 5.41) is 30.7. The number of hydrogen-bond acceptors (Lipinski definition) is 13. The number of aromatic nitrogens is 7. The number of carbonyl (C=O) groups is 1. The second-order valence-electron chi connectivity index (χ2n) is 11.6. The Morgan fingerprint density at radius 2 is 1.02 bits per heavy atom. The van der Waals surface area contributed by atoms with Crippen molar-refractivity contribution in [3.63, 3.8) is 0 Å². The van der Waals surface area contributed by atoms with Gasteiger partial charge in [-0.05, 0) is 60.0 Å². The minimum Gasteiger partial charge on any atom is -0.505 e. The molecule has 0 spiro atoms. The van der Waals surface area contributed by atoms with Crippen molar-refractivity contribution in [1.82, 2.24) is 34.9 Å². The maximum atomic E-state index is 12.0. The minimum absolute atomic E-state index is 0.0309. The number of rotatable bonds is 13. The van der Waals surface area contributed by atoms with Gasteiger partial charge in [-0.15, -0.1) is 10.2 Å². The lowest BCUT2D eigenvalue weighted by molar-refractivity contribution is 0.0694. The van der Waals surface area contributed by atoms with Gasteiger partial charge in [0.25, 0.3) is 5.95 Å². The van der Waals surface area contributed by atoms with Crippen LogP contribution in [0.4, 0.5) is 23.5 Å². The van der Waals surface area contributed by atoms with Gasteiger partial charge in [0.05, 0.1) is 49.0 Å². The average molecular weight is 690 g/mol. The summed E-state index contributed by atoms with van der Waals surface area (Å²) >= 11 is 0. The number of pyridine rings is 4. The summed E-state index contributed by atoms with van der Waals surface area (Å²) in [4.78, 5) is 48.4. The number of fused-ring (bicyclic) bond motifs is 1. The summed E-state index contributed by atoms with van der Waals surface area (Å²) in [7, 11) is 0. The Bertz CT molecular complexity index is 2130. The van der Waals surface area contributed by atoms with Crippen LogP contribution in [0.5, 0.6) is 5.75 Å². The fraction of sp³-hybridized carbons (Fsp3) is 0.105. The zero-order chi connectivity index (χ0) is 35.7. The number of carboxylic acids is 1. The summed E-state index contributed by atoms with van der Waals surface area (Å²) in [5.74, 6) is -1.39. The standard InChI is InChI=1S/C38H31N11O3/c50-34-32(35(51)52)21-26-11-1-2-16-31(26)33(34)46-47-36-43-37(48(22-27-12-3-7-17-39-27)23-28-13-4-8-18-40-28)45-38(44-36)49(24-29-14-5-9-19-41-29)25-30-15-6-10-20-42-30/h1-21,50H,22-25H2,(H,51,52). The Kier molecular flexibility index (Phi) is 9.95. The molecule has 2 aromatic carbocycles. The third kappa shape index (κ3) is 7.97. The molecule has 14 heteroatoms. The molecule has 0 unspecified atom stereocenters. The van der Waals surface area contributed by atoms with E-state index >= 15 is 0 Å². The van der Waals surface area contributed by atoms with Crippen molar-refractivity contribution in [2.45, 2.75) is 26.2 Å². The van der Waals surface area contributed by atoms with Gasteiger partial charge in [0.15, 0.2) is 5.75 Å². The molecule has 7 aromatic rings. The van der Waals surface area contributed by atoms with Crippen LogP contribution in [0, 0.1) is 0 Å². The molecule has 0 aliphatic carbocycles. The molecule has 5 aromatic heterocycles. The van der Waals surface area contributed by atoms with E-state index in [1.54, 1.807) is 49.1 Å². The molecule has 0 fully saturated rings. The number of aromatic hydroxyl groups is 1. The van der Waals surface area contributed by atoms with Gasteiger partial charge in [-0.3, -0.25) is 19.9 Å². The highest BCUT2D eigenvalue weighted by Gasteiger charge is 2.22. The van der Waals surface area contributed by atoms with Crippen molar-refractivity contribution in [3.8, 4) is 5.75 Å². The van der Waals surface area contributed by atoms with Crippen LogP contribution in [0.1, 0.15) is 33.1 Å². The largest absolute Gasteiger partial charge is 0.505 e. The first-order valence-electron chi connectivity index (χ1n) is 16.3. The molecule has 256 valence electrons. The van der Waals surface area contributed by atoms with Crippen molar-refractivity contribution < 1.29 is 15.0 Å². The molecule has 0 amide bonds. The summed E-state index contributed by atoms with van der Waals surface area (Å²) in [6, 6.07) is 31.0. The predicted molar refractivity (Wildman–Crippen MR) is 193 cm³/mol. The van der Waals surface area contributed by atoms with Crippen LogP contribution in [-0.2, 0) is 26.2 Å². The lowest BCUT2D eigenvalue weighted by Gasteiger charge is -2.26. The highest BCUT2D eigenvalue weighted by Crippen LogP contribution is 2.39. The maximum Gasteiger partial charge on any atom is 0.339 e. The average Bonchev–Trinajstić information content (AvgIpc) is 3.18. The smallest absolute Gasteiger partial charge is 0.339 e. The van der Waals surface area contributed by atoms with E-state index in [0.29, 0.717) is 37.0 Å². The Morgan fingerprint density at radius 1 is 0.577 bits per heavy atom. The van der Waals surface area contributed by atoms with E-state index in [1.807, 2.05) is 82.6 Å². The number of carboxylic acid groups (broad SMARTS) is 1. The van der Waals surface area contributed by atoms with E-state index in [9.17, 15) is 15.0 Å². The van der Waals surface area contributed by atoms with Crippen LogP contribution in [0.3, 0.4) is 0 Å². The first-order chi connectivity index (χ1) is 25.5. The Morgan fingerprint density at radius 3 is 1.44 bits per heavy atom. The summed E-state index contributed by atoms with van der Waals surface area (Å²) in [6.07, 6.45) is 6.87. The highest BCUT2D eigenvalue weighted by atomic mass is 16.4. The zero-order valence-electron chi connectivity index (χ0n) is 27.7. The monoisotopic (exact) mass is 689 g/mol. The van der Waals surface area contributed by atoms with Crippen molar-refractivity contribution in [2.24, 2.45) is 10.2 Å². The quantitative estimate of drug-likeness (QED) is 0.121. The summed E-state index contributed by atoms with van der Waals surface area (Å²) in [6.45, 7) is 1.29. The van der Waals surface area contributed by atoms with Gasteiger partial charge in [-0.1, -0.05) is 48.5 Å². The number of benzene rings is 2. The topological polar surface area (TPSA) is 179 Å². The van der Waals surface area contributed by atoms with Gasteiger partial charge >= 0.3 is 5.97 Å². The Hall–Kier alpha value is -7.22. The van der Waals surface area contributed by atoms with Gasteiger partial charge in [0.1, 0.15) is 11.3 Å². The number of anilines is 2. The Balaban J connectivity index is 1.38. The first kappa shape index (κ1) is 33.3. The molecule has 0 saturated heterocycles. The zero-order valence-corrected chi connectivity index (χ0v) is 27.7. The number of aromatic carboxylic acids is 1. The summed E-state index contributed by atoms with van der Waals surface area (Å²) in [5.41, 5.74) is 2.73. The second kappa shape index (κ2) is 15.6. The molecule has 14 nitrogen and oxygen atoms in total. The second-order valence-corrected chi connectivity index (χ2v) is 11.6. The predicted octanol–water partition coefficient (Wildman–Crippen LogP) is 6.84. The third-order valence-electron chi connectivity index (χ3n) is 7.95. The van der Waals surface area contributed by atoms with E-state index in [2.05, 4.69) is 30.2 Å². The lowest BCUT2D eigenvalue weighted by atomic mass is 10.0. The number of hydrogen-bond donors (Lipinski definition) is 2. The van der Waals surface area contributed by atoms with Crippen LogP contribution < -0.4 is 9.80 Å².